The third kappa shape index (κ3) is 4.98. The summed E-state index contributed by atoms with van der Waals surface area (Å²) in [6.45, 7) is 5.31. The Labute approximate surface area is 185 Å². The zero-order valence-electron chi connectivity index (χ0n) is 17.6. The molecule has 9 nitrogen and oxygen atoms in total. The molecular formula is C20H26F2N6O3S. The van der Waals surface area contributed by atoms with Crippen LogP contribution in [0.4, 0.5) is 20.4 Å². The minimum Gasteiger partial charge on any atom is -0.395 e. The Morgan fingerprint density at radius 1 is 0.812 bits per heavy atom. The summed E-state index contributed by atoms with van der Waals surface area (Å²) in [6, 6.07) is 6.09. The van der Waals surface area contributed by atoms with Crippen LogP contribution in [-0.4, -0.2) is 98.4 Å². The van der Waals surface area contributed by atoms with Crippen molar-refractivity contribution >= 4 is 21.7 Å². The number of aromatic nitrogens is 2. The van der Waals surface area contributed by atoms with E-state index in [2.05, 4.69) is 20.0 Å². The molecule has 0 radical (unpaired) electrons. The molecule has 2 aliphatic heterocycles. The summed E-state index contributed by atoms with van der Waals surface area (Å²) in [5.74, 6) is -0.409. The predicted molar refractivity (Wildman–Crippen MR) is 115 cm³/mol. The highest BCUT2D eigenvalue weighted by Gasteiger charge is 2.30. The monoisotopic (exact) mass is 468 g/mol. The Kier molecular flexibility index (Phi) is 6.84. The second-order valence-electron chi connectivity index (χ2n) is 7.80. The normalized spacial score (nSPS) is 18.8. The lowest BCUT2D eigenvalue weighted by Crippen LogP contribution is -2.49. The van der Waals surface area contributed by atoms with E-state index in [0.29, 0.717) is 31.5 Å². The third-order valence-electron chi connectivity index (χ3n) is 5.79. The van der Waals surface area contributed by atoms with Gasteiger partial charge in [0, 0.05) is 65.0 Å². The van der Waals surface area contributed by atoms with E-state index in [1.165, 1.54) is 4.31 Å². The molecule has 0 spiro atoms. The number of halogens is 2. The first-order valence-electron chi connectivity index (χ1n) is 10.5. The van der Waals surface area contributed by atoms with Crippen molar-refractivity contribution in [2.45, 2.75) is 4.90 Å². The topological polar surface area (TPSA) is 93.1 Å². The SMILES string of the molecule is O=S(=O)(c1cc(F)cc(F)c1)N1CCN(c2ccc(N3CCN(CCO)CC3)nn2)CC1. The highest BCUT2D eigenvalue weighted by molar-refractivity contribution is 7.89. The van der Waals surface area contributed by atoms with Crippen molar-refractivity contribution in [1.82, 2.24) is 19.4 Å². The lowest BCUT2D eigenvalue weighted by atomic mass is 10.3. The molecular weight excluding hydrogens is 442 g/mol. The summed E-state index contributed by atoms with van der Waals surface area (Å²) in [4.78, 5) is 5.90. The standard InChI is InChI=1S/C20H26F2N6O3S/c21-16-13-17(22)15-18(14-16)32(30,31)28-9-7-27(8-10-28)20-2-1-19(23-24-20)26-5-3-25(4-6-26)11-12-29/h1-2,13-15,29H,3-12H2. The maximum atomic E-state index is 13.5. The fourth-order valence-corrected chi connectivity index (χ4v) is 5.45. The number of hydrogen-bond acceptors (Lipinski definition) is 8. The van der Waals surface area contributed by atoms with Crippen molar-refractivity contribution in [2.75, 3.05) is 75.3 Å². The van der Waals surface area contributed by atoms with Gasteiger partial charge in [0.2, 0.25) is 10.0 Å². The van der Waals surface area contributed by atoms with E-state index in [1.54, 1.807) is 0 Å². The summed E-state index contributed by atoms with van der Waals surface area (Å²) in [7, 11) is -3.98. The van der Waals surface area contributed by atoms with Gasteiger partial charge in [0.05, 0.1) is 11.5 Å². The Hall–Kier alpha value is -2.41. The number of nitrogens with zero attached hydrogens (tertiary/aromatic N) is 6. The van der Waals surface area contributed by atoms with E-state index < -0.39 is 21.7 Å². The van der Waals surface area contributed by atoms with Gasteiger partial charge in [-0.1, -0.05) is 0 Å². The first-order valence-corrected chi connectivity index (χ1v) is 11.9. The Morgan fingerprint density at radius 3 is 1.78 bits per heavy atom. The second-order valence-corrected chi connectivity index (χ2v) is 9.74. The molecule has 0 atom stereocenters. The molecule has 32 heavy (non-hydrogen) atoms. The molecule has 2 saturated heterocycles. The molecule has 2 fully saturated rings. The fourth-order valence-electron chi connectivity index (χ4n) is 3.98. The van der Waals surface area contributed by atoms with Gasteiger partial charge >= 0.3 is 0 Å². The van der Waals surface area contributed by atoms with Gasteiger partial charge in [-0.05, 0) is 24.3 Å². The molecule has 1 aromatic heterocycles. The van der Waals surface area contributed by atoms with Gasteiger partial charge in [0.15, 0.2) is 11.6 Å². The van der Waals surface area contributed by atoms with E-state index >= 15 is 0 Å². The number of aliphatic hydroxyl groups excluding tert-OH is 1. The molecule has 3 heterocycles. The van der Waals surface area contributed by atoms with E-state index in [-0.39, 0.29) is 24.6 Å². The highest BCUT2D eigenvalue weighted by Crippen LogP contribution is 2.22. The van der Waals surface area contributed by atoms with E-state index in [9.17, 15) is 17.2 Å². The van der Waals surface area contributed by atoms with Crippen LogP contribution < -0.4 is 9.80 Å². The molecule has 1 N–H and O–H groups in total. The van der Waals surface area contributed by atoms with Crippen LogP contribution in [0.3, 0.4) is 0 Å². The summed E-state index contributed by atoms with van der Waals surface area (Å²) in [6.07, 6.45) is 0. The molecule has 0 unspecified atom stereocenters. The number of sulfonamides is 1. The minimum atomic E-state index is -3.98. The second kappa shape index (κ2) is 9.61. The van der Waals surface area contributed by atoms with Gasteiger partial charge < -0.3 is 14.9 Å². The first-order chi connectivity index (χ1) is 15.4. The van der Waals surface area contributed by atoms with Crippen molar-refractivity contribution in [3.05, 3.63) is 42.0 Å². The molecule has 0 bridgehead atoms. The number of hydrogen-bond donors (Lipinski definition) is 1. The molecule has 2 aliphatic rings. The van der Waals surface area contributed by atoms with Gasteiger partial charge in [-0.15, -0.1) is 10.2 Å². The Bertz CT molecular complexity index is 1000. The molecule has 4 rings (SSSR count). The molecule has 0 amide bonds. The van der Waals surface area contributed by atoms with Crippen molar-refractivity contribution in [3.63, 3.8) is 0 Å². The average molecular weight is 469 g/mol. The molecule has 12 heteroatoms. The van der Waals surface area contributed by atoms with Crippen molar-refractivity contribution in [1.29, 1.82) is 0 Å². The van der Waals surface area contributed by atoms with Crippen LogP contribution in [0.25, 0.3) is 0 Å². The molecule has 2 aromatic rings. The quantitative estimate of drug-likeness (QED) is 0.651. The lowest BCUT2D eigenvalue weighted by molar-refractivity contribution is 0.188. The summed E-state index contributed by atoms with van der Waals surface area (Å²) >= 11 is 0. The summed E-state index contributed by atoms with van der Waals surface area (Å²) in [5, 5.41) is 17.7. The van der Waals surface area contributed by atoms with Crippen molar-refractivity contribution in [3.8, 4) is 0 Å². The number of anilines is 2. The zero-order chi connectivity index (χ0) is 22.7. The number of piperazine rings is 2. The zero-order valence-corrected chi connectivity index (χ0v) is 18.4. The van der Waals surface area contributed by atoms with Crippen LogP contribution in [-0.2, 0) is 10.0 Å². The molecule has 0 aliphatic carbocycles. The van der Waals surface area contributed by atoms with E-state index in [4.69, 9.17) is 5.11 Å². The van der Waals surface area contributed by atoms with Gasteiger partial charge in [-0.2, -0.15) is 4.31 Å². The van der Waals surface area contributed by atoms with Crippen molar-refractivity contribution < 1.29 is 22.3 Å². The van der Waals surface area contributed by atoms with Crippen LogP contribution in [0, 0.1) is 11.6 Å². The number of β-amino-alcohol motifs (C(OH)–C–C–N with tert-alkyl or cyclic N) is 1. The largest absolute Gasteiger partial charge is 0.395 e. The van der Waals surface area contributed by atoms with Crippen molar-refractivity contribution in [2.24, 2.45) is 0 Å². The van der Waals surface area contributed by atoms with Crippen LogP contribution in [0.1, 0.15) is 0 Å². The minimum absolute atomic E-state index is 0.155. The van der Waals surface area contributed by atoms with Gasteiger partial charge in [-0.25, -0.2) is 17.2 Å². The third-order valence-corrected chi connectivity index (χ3v) is 7.66. The number of rotatable bonds is 6. The highest BCUT2D eigenvalue weighted by atomic mass is 32.2. The van der Waals surface area contributed by atoms with Gasteiger partial charge in [-0.3, -0.25) is 4.90 Å². The first kappa shape index (κ1) is 22.8. The summed E-state index contributed by atoms with van der Waals surface area (Å²) < 4.78 is 53.6. The smallest absolute Gasteiger partial charge is 0.243 e. The maximum absolute atomic E-state index is 13.5. The predicted octanol–water partition coefficient (Wildman–Crippen LogP) is 0.380. The van der Waals surface area contributed by atoms with Gasteiger partial charge in [0.25, 0.3) is 0 Å². The van der Waals surface area contributed by atoms with Crippen LogP contribution >= 0.6 is 0 Å². The van der Waals surface area contributed by atoms with Crippen LogP contribution in [0.2, 0.25) is 0 Å². The average Bonchev–Trinajstić information content (AvgIpc) is 2.79. The molecule has 1 aromatic carbocycles. The summed E-state index contributed by atoms with van der Waals surface area (Å²) in [5.41, 5.74) is 0. The van der Waals surface area contributed by atoms with Crippen LogP contribution in [0.15, 0.2) is 35.2 Å². The maximum Gasteiger partial charge on any atom is 0.243 e. The van der Waals surface area contributed by atoms with E-state index in [1.807, 2.05) is 17.0 Å². The number of aliphatic hydroxyl groups is 1. The van der Waals surface area contributed by atoms with E-state index in [0.717, 1.165) is 44.1 Å². The molecule has 0 saturated carbocycles. The Morgan fingerprint density at radius 2 is 1.31 bits per heavy atom. The number of benzene rings is 1. The Balaban J connectivity index is 1.35. The molecule has 174 valence electrons. The lowest BCUT2D eigenvalue weighted by Gasteiger charge is -2.36. The van der Waals surface area contributed by atoms with Crippen LogP contribution in [0.5, 0.6) is 0 Å². The fraction of sp³-hybridized carbons (Fsp3) is 0.500. The van der Waals surface area contributed by atoms with Gasteiger partial charge in [0.1, 0.15) is 11.6 Å².